The summed E-state index contributed by atoms with van der Waals surface area (Å²) in [6.07, 6.45) is 0. The zero-order valence-electron chi connectivity index (χ0n) is 10.6. The molecule has 7 nitrogen and oxygen atoms in total. The average Bonchev–Trinajstić information content (AvgIpc) is 2.68. The summed E-state index contributed by atoms with van der Waals surface area (Å²) in [6, 6.07) is 2.55. The van der Waals surface area contributed by atoms with Gasteiger partial charge in [-0.2, -0.15) is 5.10 Å². The molecule has 0 unspecified atom stereocenters. The van der Waals surface area contributed by atoms with Crippen molar-refractivity contribution in [1.82, 2.24) is 15.1 Å². The van der Waals surface area contributed by atoms with Crippen molar-refractivity contribution < 1.29 is 14.7 Å². The molecule has 0 saturated heterocycles. The molecule has 2 amide bonds. The van der Waals surface area contributed by atoms with Gasteiger partial charge < -0.3 is 16.2 Å². The van der Waals surface area contributed by atoms with Gasteiger partial charge in [-0.1, -0.05) is 0 Å². The third-order valence-corrected chi connectivity index (χ3v) is 2.15. The summed E-state index contributed by atoms with van der Waals surface area (Å²) in [7, 11) is 0. The van der Waals surface area contributed by atoms with Crippen LogP contribution in [0, 0.1) is 6.07 Å². The van der Waals surface area contributed by atoms with Crippen molar-refractivity contribution in [1.29, 1.82) is 0 Å². The number of hydrogen-bond donors (Lipinski definition) is 3. The van der Waals surface area contributed by atoms with Crippen LogP contribution in [0.25, 0.3) is 0 Å². The number of hydrogen-bond acceptors (Lipinski definition) is 4. The maximum atomic E-state index is 11.8. The van der Waals surface area contributed by atoms with Crippen molar-refractivity contribution in [2.45, 2.75) is 32.9 Å². The first-order valence-electron chi connectivity index (χ1n) is 5.55. The van der Waals surface area contributed by atoms with Gasteiger partial charge in [-0.3, -0.25) is 14.3 Å². The van der Waals surface area contributed by atoms with Crippen molar-refractivity contribution in [2.75, 3.05) is 6.54 Å². The first-order valence-corrected chi connectivity index (χ1v) is 5.55. The fraction of sp³-hybridized carbons (Fsp3) is 0.545. The van der Waals surface area contributed by atoms with Gasteiger partial charge >= 0.3 is 0 Å². The Bertz CT molecular complexity index is 459. The van der Waals surface area contributed by atoms with Gasteiger partial charge in [0.2, 0.25) is 0 Å². The molecule has 1 heterocycles. The molecule has 18 heavy (non-hydrogen) atoms. The maximum absolute atomic E-state index is 11.8. The highest BCUT2D eigenvalue weighted by Crippen LogP contribution is 2.04. The number of carbonyl (C=O) groups is 2. The van der Waals surface area contributed by atoms with Crippen molar-refractivity contribution in [3.8, 4) is 0 Å². The largest absolute Gasteiger partial charge is 0.389 e. The van der Waals surface area contributed by atoms with Gasteiger partial charge in [0.15, 0.2) is 5.69 Å². The monoisotopic (exact) mass is 253 g/mol. The van der Waals surface area contributed by atoms with Crippen LogP contribution in [-0.4, -0.2) is 38.8 Å². The summed E-state index contributed by atoms with van der Waals surface area (Å²) in [4.78, 5) is 22.8. The van der Waals surface area contributed by atoms with Crippen LogP contribution in [-0.2, 0) is 6.54 Å². The molecule has 0 atom stereocenters. The Morgan fingerprint density at radius 1 is 1.56 bits per heavy atom. The topological polar surface area (TPSA) is 110 Å². The molecule has 0 aliphatic carbocycles. The molecule has 7 heteroatoms. The predicted molar refractivity (Wildman–Crippen MR) is 63.9 cm³/mol. The molecular weight excluding hydrogens is 236 g/mol. The van der Waals surface area contributed by atoms with E-state index in [0.29, 0.717) is 6.54 Å². The van der Waals surface area contributed by atoms with Gasteiger partial charge in [0, 0.05) is 13.1 Å². The van der Waals surface area contributed by atoms with Crippen LogP contribution in [0.3, 0.4) is 0 Å². The minimum atomic E-state index is -1.01. The fourth-order valence-electron chi connectivity index (χ4n) is 1.27. The number of amides is 2. The highest BCUT2D eigenvalue weighted by atomic mass is 16.3. The van der Waals surface area contributed by atoms with Gasteiger partial charge in [-0.25, -0.2) is 0 Å². The molecule has 4 N–H and O–H groups in total. The van der Waals surface area contributed by atoms with Crippen LogP contribution in [0.2, 0.25) is 0 Å². The molecular formula is C11H17N4O3. The third-order valence-electron chi connectivity index (χ3n) is 2.15. The zero-order chi connectivity index (χ0) is 13.9. The molecule has 0 aromatic carbocycles. The summed E-state index contributed by atoms with van der Waals surface area (Å²) in [5.74, 6) is -1.20. The van der Waals surface area contributed by atoms with Crippen LogP contribution in [0.5, 0.6) is 0 Å². The maximum Gasteiger partial charge on any atom is 0.270 e. The van der Waals surface area contributed by atoms with Gasteiger partial charge in [-0.15, -0.1) is 0 Å². The van der Waals surface area contributed by atoms with E-state index in [4.69, 9.17) is 5.73 Å². The normalized spacial score (nSPS) is 11.3. The Balaban J connectivity index is 2.88. The van der Waals surface area contributed by atoms with E-state index >= 15 is 0 Å². The number of aryl methyl sites for hydroxylation is 1. The molecule has 0 bridgehead atoms. The van der Waals surface area contributed by atoms with Crippen molar-refractivity contribution in [3.63, 3.8) is 0 Å². The summed E-state index contributed by atoms with van der Waals surface area (Å²) < 4.78 is 1.33. The van der Waals surface area contributed by atoms with Crippen LogP contribution >= 0.6 is 0 Å². The lowest BCUT2D eigenvalue weighted by molar-refractivity contribution is 0.0689. The highest BCUT2D eigenvalue weighted by molar-refractivity contribution is 5.96. The summed E-state index contributed by atoms with van der Waals surface area (Å²) in [5, 5.41) is 15.9. The van der Waals surface area contributed by atoms with Crippen LogP contribution < -0.4 is 11.1 Å². The Kier molecular flexibility index (Phi) is 4.07. The first kappa shape index (κ1) is 14.2. The number of aliphatic hydroxyl groups is 1. The van der Waals surface area contributed by atoms with Crippen molar-refractivity contribution in [2.24, 2.45) is 5.73 Å². The minimum absolute atomic E-state index is 0.0785. The average molecular weight is 253 g/mol. The van der Waals surface area contributed by atoms with E-state index in [1.807, 2.05) is 0 Å². The Morgan fingerprint density at radius 3 is 2.61 bits per heavy atom. The van der Waals surface area contributed by atoms with Crippen LogP contribution in [0.4, 0.5) is 0 Å². The molecule has 0 spiro atoms. The van der Waals surface area contributed by atoms with E-state index in [9.17, 15) is 14.7 Å². The summed E-state index contributed by atoms with van der Waals surface area (Å²) in [5.41, 5.74) is 4.10. The number of nitrogens with one attached hydrogen (secondary N) is 1. The van der Waals surface area contributed by atoms with Crippen LogP contribution in [0.15, 0.2) is 0 Å². The molecule has 0 aliphatic heterocycles. The number of aromatic nitrogens is 2. The van der Waals surface area contributed by atoms with E-state index in [-0.39, 0.29) is 17.9 Å². The molecule has 1 rings (SSSR count). The van der Waals surface area contributed by atoms with E-state index < -0.39 is 17.4 Å². The first-order chi connectivity index (χ1) is 8.24. The van der Waals surface area contributed by atoms with Gasteiger partial charge in [0.25, 0.3) is 11.8 Å². The quantitative estimate of drug-likeness (QED) is 0.644. The lowest BCUT2D eigenvalue weighted by atomic mass is 10.1. The van der Waals surface area contributed by atoms with E-state index in [2.05, 4.69) is 16.5 Å². The second-order valence-corrected chi connectivity index (χ2v) is 4.50. The number of nitrogens with two attached hydrogens (primary N) is 1. The van der Waals surface area contributed by atoms with Gasteiger partial charge in [0.05, 0.1) is 11.7 Å². The number of rotatable bonds is 5. The van der Waals surface area contributed by atoms with E-state index in [1.54, 1.807) is 20.8 Å². The van der Waals surface area contributed by atoms with Crippen molar-refractivity contribution >= 4 is 11.8 Å². The van der Waals surface area contributed by atoms with Gasteiger partial charge in [0.1, 0.15) is 5.69 Å². The summed E-state index contributed by atoms with van der Waals surface area (Å²) in [6.45, 7) is 5.42. The van der Waals surface area contributed by atoms with E-state index in [1.165, 1.54) is 4.68 Å². The standard InChI is InChI=1S/C11H17N4O3/c1-4-15-8(5-7(14-15)9(12)16)10(17)13-6-11(2,3)18/h18H,4,6H2,1-3H3,(H2,12,16)(H,13,17). The minimum Gasteiger partial charge on any atom is -0.389 e. The molecule has 99 valence electrons. The summed E-state index contributed by atoms with van der Waals surface area (Å²) >= 11 is 0. The Morgan fingerprint density at radius 2 is 2.17 bits per heavy atom. The zero-order valence-corrected chi connectivity index (χ0v) is 10.6. The second kappa shape index (κ2) is 5.18. The molecule has 1 aromatic heterocycles. The predicted octanol–water partition coefficient (Wildman–Crippen LogP) is -0.697. The lowest BCUT2D eigenvalue weighted by Gasteiger charge is -2.17. The Hall–Kier alpha value is -1.89. The Labute approximate surface area is 105 Å². The van der Waals surface area contributed by atoms with Crippen LogP contribution in [0.1, 0.15) is 41.7 Å². The molecule has 0 saturated carbocycles. The molecule has 0 aliphatic rings. The fourth-order valence-corrected chi connectivity index (χ4v) is 1.27. The molecule has 1 radical (unpaired) electrons. The molecule has 0 fully saturated rings. The highest BCUT2D eigenvalue weighted by Gasteiger charge is 2.20. The smallest absolute Gasteiger partial charge is 0.270 e. The van der Waals surface area contributed by atoms with E-state index in [0.717, 1.165) is 0 Å². The van der Waals surface area contributed by atoms with Crippen molar-refractivity contribution in [3.05, 3.63) is 17.5 Å². The number of nitrogens with zero attached hydrogens (tertiary/aromatic N) is 2. The molecule has 1 aromatic rings. The lowest BCUT2D eigenvalue weighted by Crippen LogP contribution is -2.38. The van der Waals surface area contributed by atoms with Gasteiger partial charge in [-0.05, 0) is 20.8 Å². The second-order valence-electron chi connectivity index (χ2n) is 4.50. The number of carbonyl (C=O) groups excluding carboxylic acids is 2. The number of primary amides is 1. The third kappa shape index (κ3) is 3.56. The SMILES string of the molecule is CCn1nc(C(N)=O)[c]c1C(=O)NCC(C)(C)O.